The third kappa shape index (κ3) is 5.85. The van der Waals surface area contributed by atoms with Crippen LogP contribution in [0.2, 0.25) is 0 Å². The van der Waals surface area contributed by atoms with Crippen LogP contribution in [0.1, 0.15) is 38.7 Å². The van der Waals surface area contributed by atoms with Crippen molar-refractivity contribution >= 4 is 11.7 Å². The molecule has 2 N–H and O–H groups in total. The van der Waals surface area contributed by atoms with Gasteiger partial charge in [0, 0.05) is 23.7 Å². The van der Waals surface area contributed by atoms with Gasteiger partial charge in [0.2, 0.25) is 12.2 Å². The number of aromatic nitrogens is 2. The molecule has 0 spiro atoms. The van der Waals surface area contributed by atoms with Crippen LogP contribution < -0.4 is 10.6 Å². The first-order valence-electron chi connectivity index (χ1n) is 9.92. The van der Waals surface area contributed by atoms with Crippen LogP contribution in [0.5, 0.6) is 0 Å². The summed E-state index contributed by atoms with van der Waals surface area (Å²) < 4.78 is 93.3. The second-order valence-corrected chi connectivity index (χ2v) is 8.08. The van der Waals surface area contributed by atoms with Gasteiger partial charge in [0.05, 0.1) is 18.7 Å². The third-order valence-corrected chi connectivity index (χ3v) is 5.02. The van der Waals surface area contributed by atoms with E-state index >= 15 is 0 Å². The minimum Gasteiger partial charge on any atom is -0.351 e. The summed E-state index contributed by atoms with van der Waals surface area (Å²) in [7, 11) is 1.48. The van der Waals surface area contributed by atoms with Crippen molar-refractivity contribution in [3.8, 4) is 0 Å². The fourth-order valence-corrected chi connectivity index (χ4v) is 3.32. The molecule has 0 saturated heterocycles. The average Bonchev–Trinajstić information content (AvgIpc) is 3.12. The molecule has 14 heteroatoms. The molecule has 186 valence electrons. The maximum absolute atomic E-state index is 13.9. The Bertz CT molecular complexity index is 1070. The van der Waals surface area contributed by atoms with Crippen molar-refractivity contribution in [1.82, 2.24) is 25.3 Å². The van der Waals surface area contributed by atoms with E-state index < -0.39 is 54.4 Å². The number of nitrogens with zero attached hydrogens (tertiary/aromatic N) is 5. The van der Waals surface area contributed by atoms with Crippen molar-refractivity contribution < 1.29 is 30.7 Å². The van der Waals surface area contributed by atoms with Gasteiger partial charge >= 0.3 is 6.18 Å². The Hall–Kier alpha value is -3.16. The molecule has 2 atom stereocenters. The standard InChI is InChI=1S/C20H22F7N7/c1-11(21)7-13(22)8-12(2)30-18(3)31-16(28-14-9-19(23,24)10-14)29-17(33(18)4)34-6-5-15(32-34)20(25,26)27/h5-8,17,30H,2,9-10H2,1,3-4H3,(H,29,31)/b11-7+,13-8+. The molecule has 1 fully saturated rings. The Labute approximate surface area is 190 Å². The van der Waals surface area contributed by atoms with Gasteiger partial charge in [0.1, 0.15) is 5.83 Å². The number of guanidine groups is 1. The van der Waals surface area contributed by atoms with Crippen molar-refractivity contribution in [1.29, 1.82) is 0 Å². The van der Waals surface area contributed by atoms with Gasteiger partial charge in [-0.3, -0.25) is 0 Å². The number of hydrogen-bond donors (Lipinski definition) is 2. The van der Waals surface area contributed by atoms with Crippen LogP contribution in [0.3, 0.4) is 0 Å². The first-order valence-corrected chi connectivity index (χ1v) is 9.92. The Morgan fingerprint density at radius 1 is 1.29 bits per heavy atom. The monoisotopic (exact) mass is 493 g/mol. The highest BCUT2D eigenvalue weighted by atomic mass is 19.4. The van der Waals surface area contributed by atoms with Crippen LogP contribution >= 0.6 is 0 Å². The van der Waals surface area contributed by atoms with E-state index in [1.54, 1.807) is 0 Å². The van der Waals surface area contributed by atoms with Gasteiger partial charge < -0.3 is 10.6 Å². The molecular weight excluding hydrogens is 471 g/mol. The summed E-state index contributed by atoms with van der Waals surface area (Å²) in [6.07, 6.45) is -4.44. The molecule has 1 aliphatic heterocycles. The molecule has 1 aliphatic carbocycles. The quantitative estimate of drug-likeness (QED) is 0.464. The van der Waals surface area contributed by atoms with E-state index in [0.29, 0.717) is 6.08 Å². The lowest BCUT2D eigenvalue weighted by Gasteiger charge is -2.46. The lowest BCUT2D eigenvalue weighted by Crippen LogP contribution is -2.68. The Morgan fingerprint density at radius 3 is 2.47 bits per heavy atom. The fraction of sp³-hybridized carbons (Fsp3) is 0.450. The van der Waals surface area contributed by atoms with Gasteiger partial charge in [0.15, 0.2) is 11.5 Å². The fourth-order valence-electron chi connectivity index (χ4n) is 3.32. The number of halogens is 7. The van der Waals surface area contributed by atoms with E-state index in [1.165, 1.54) is 18.9 Å². The molecule has 1 aromatic rings. The molecule has 2 unspecified atom stereocenters. The number of allylic oxidation sites excluding steroid dienone is 4. The molecule has 0 amide bonds. The molecule has 0 bridgehead atoms. The Balaban J connectivity index is 1.94. The minimum atomic E-state index is -4.69. The zero-order chi connectivity index (χ0) is 25.5. The summed E-state index contributed by atoms with van der Waals surface area (Å²) in [6, 6.07) is 0.761. The Morgan fingerprint density at radius 2 is 1.94 bits per heavy atom. The molecule has 34 heavy (non-hydrogen) atoms. The lowest BCUT2D eigenvalue weighted by atomic mass is 9.92. The molecule has 0 aromatic carbocycles. The summed E-state index contributed by atoms with van der Waals surface area (Å²) >= 11 is 0. The summed E-state index contributed by atoms with van der Waals surface area (Å²) in [5.74, 6) is -6.14. The van der Waals surface area contributed by atoms with Crippen molar-refractivity contribution in [3.05, 3.63) is 54.0 Å². The summed E-state index contributed by atoms with van der Waals surface area (Å²) in [4.78, 5) is 9.70. The maximum Gasteiger partial charge on any atom is 0.435 e. The Kier molecular flexibility index (Phi) is 6.66. The van der Waals surface area contributed by atoms with Crippen LogP contribution in [0.15, 0.2) is 58.3 Å². The first-order chi connectivity index (χ1) is 15.6. The van der Waals surface area contributed by atoms with Crippen LogP contribution in [-0.4, -0.2) is 45.1 Å². The normalized spacial score (nSPS) is 25.9. The molecular formula is C20H22F7N7. The lowest BCUT2D eigenvalue weighted by molar-refractivity contribution is -0.141. The third-order valence-electron chi connectivity index (χ3n) is 5.02. The summed E-state index contributed by atoms with van der Waals surface area (Å²) in [5.41, 5.74) is -1.04. The van der Waals surface area contributed by atoms with E-state index in [0.717, 1.165) is 29.9 Å². The van der Waals surface area contributed by atoms with Gasteiger partial charge in [-0.05, 0) is 33.0 Å². The first kappa shape index (κ1) is 25.5. The van der Waals surface area contributed by atoms with Crippen LogP contribution in [-0.2, 0) is 6.18 Å². The zero-order valence-electron chi connectivity index (χ0n) is 18.4. The molecule has 1 aromatic heterocycles. The molecule has 2 heterocycles. The predicted octanol–water partition coefficient (Wildman–Crippen LogP) is 4.62. The molecule has 0 radical (unpaired) electrons. The molecule has 7 nitrogen and oxygen atoms in total. The highest BCUT2D eigenvalue weighted by Gasteiger charge is 2.45. The maximum atomic E-state index is 13.9. The van der Waals surface area contributed by atoms with Crippen molar-refractivity contribution in [3.63, 3.8) is 0 Å². The van der Waals surface area contributed by atoms with Gasteiger partial charge in [-0.2, -0.15) is 18.3 Å². The van der Waals surface area contributed by atoms with E-state index in [1.807, 2.05) is 0 Å². The van der Waals surface area contributed by atoms with Gasteiger partial charge in [-0.15, -0.1) is 0 Å². The SMILES string of the molecule is C=C(/C=C(F)\C=C(/C)F)NC1(C)NC(N=C2CC(F)(F)C2)=NC(n2ccc(C(F)(F)F)n2)N1C. The molecule has 1 saturated carbocycles. The van der Waals surface area contributed by atoms with E-state index in [2.05, 4.69) is 32.3 Å². The van der Waals surface area contributed by atoms with E-state index in [4.69, 9.17) is 0 Å². The highest BCUT2D eigenvalue weighted by molar-refractivity contribution is 6.01. The average molecular weight is 493 g/mol. The van der Waals surface area contributed by atoms with Crippen molar-refractivity contribution in [2.24, 2.45) is 9.98 Å². The summed E-state index contributed by atoms with van der Waals surface area (Å²) in [6.45, 7) is 6.22. The smallest absolute Gasteiger partial charge is 0.351 e. The van der Waals surface area contributed by atoms with Gasteiger partial charge in [0.25, 0.3) is 5.92 Å². The zero-order valence-corrected chi connectivity index (χ0v) is 18.4. The number of alkyl halides is 5. The number of rotatable bonds is 5. The predicted molar refractivity (Wildman–Crippen MR) is 111 cm³/mol. The van der Waals surface area contributed by atoms with Gasteiger partial charge in [-0.1, -0.05) is 6.58 Å². The second-order valence-electron chi connectivity index (χ2n) is 8.08. The number of aliphatic imine (C=N–C) groups is 2. The largest absolute Gasteiger partial charge is 0.435 e. The topological polar surface area (TPSA) is 69.8 Å². The number of nitrogens with one attached hydrogen (secondary N) is 2. The molecule has 2 aliphatic rings. The van der Waals surface area contributed by atoms with E-state index in [9.17, 15) is 30.7 Å². The summed E-state index contributed by atoms with van der Waals surface area (Å²) in [5, 5.41) is 9.21. The van der Waals surface area contributed by atoms with Crippen LogP contribution in [0.25, 0.3) is 0 Å². The molecule has 3 rings (SSSR count). The van der Waals surface area contributed by atoms with Crippen LogP contribution in [0.4, 0.5) is 30.7 Å². The van der Waals surface area contributed by atoms with Crippen molar-refractivity contribution in [2.75, 3.05) is 7.05 Å². The van der Waals surface area contributed by atoms with Crippen LogP contribution in [0, 0.1) is 0 Å². The second kappa shape index (κ2) is 8.89. The van der Waals surface area contributed by atoms with Crippen molar-refractivity contribution in [2.45, 2.75) is 50.9 Å². The highest BCUT2D eigenvalue weighted by Crippen LogP contribution is 2.36. The minimum absolute atomic E-state index is 0.0314. The van der Waals surface area contributed by atoms with E-state index in [-0.39, 0.29) is 17.4 Å². The van der Waals surface area contributed by atoms with Gasteiger partial charge in [-0.25, -0.2) is 37.1 Å². The number of hydrogen-bond acceptors (Lipinski definition) is 6.